The number of hydrogen-bond donors (Lipinski definition) is 0. The van der Waals surface area contributed by atoms with E-state index in [-0.39, 0.29) is 11.9 Å². The first-order valence-electron chi connectivity index (χ1n) is 7.66. The summed E-state index contributed by atoms with van der Waals surface area (Å²) in [6.07, 6.45) is 5.61. The lowest BCUT2D eigenvalue weighted by Crippen LogP contribution is -2.28. The van der Waals surface area contributed by atoms with Crippen molar-refractivity contribution in [2.45, 2.75) is 45.1 Å². The Morgan fingerprint density at radius 3 is 2.75 bits per heavy atom. The maximum Gasteiger partial charge on any atom is 0.223 e. The zero-order chi connectivity index (χ0) is 14.1. The fourth-order valence-electron chi connectivity index (χ4n) is 3.48. The van der Waals surface area contributed by atoms with E-state index in [2.05, 4.69) is 25.1 Å². The third-order valence-electron chi connectivity index (χ3n) is 4.78. The third kappa shape index (κ3) is 2.58. The van der Waals surface area contributed by atoms with Crippen LogP contribution in [0.5, 0.6) is 0 Å². The molecule has 1 aromatic carbocycles. The van der Waals surface area contributed by atoms with E-state index < -0.39 is 0 Å². The van der Waals surface area contributed by atoms with Crippen LogP contribution < -0.4 is 0 Å². The molecule has 0 bridgehead atoms. The van der Waals surface area contributed by atoms with Gasteiger partial charge in [-0.05, 0) is 55.2 Å². The van der Waals surface area contributed by atoms with Crippen LogP contribution >= 0.6 is 11.6 Å². The maximum absolute atomic E-state index is 12.1. The summed E-state index contributed by atoms with van der Waals surface area (Å²) in [5.41, 5.74) is 4.26. The van der Waals surface area contributed by atoms with E-state index >= 15 is 0 Å². The summed E-state index contributed by atoms with van der Waals surface area (Å²) in [4.78, 5) is 14.1. The molecule has 0 radical (unpaired) electrons. The number of carbonyl (C=O) groups excluding carboxylic acids is 1. The van der Waals surface area contributed by atoms with Crippen molar-refractivity contribution in [3.05, 3.63) is 34.9 Å². The first-order valence-corrected chi connectivity index (χ1v) is 8.19. The number of carbonyl (C=O) groups is 1. The molecule has 0 aromatic heterocycles. The highest BCUT2D eigenvalue weighted by atomic mass is 35.5. The lowest BCUT2D eigenvalue weighted by atomic mass is 9.89. The number of benzene rings is 1. The number of likely N-dealkylation sites (tertiary alicyclic amines) is 1. The van der Waals surface area contributed by atoms with Gasteiger partial charge in [-0.3, -0.25) is 4.79 Å². The van der Waals surface area contributed by atoms with Gasteiger partial charge in [0.15, 0.2) is 0 Å². The Kier molecular flexibility index (Phi) is 4.02. The number of fused-ring (bicyclic) bond motifs is 1. The van der Waals surface area contributed by atoms with Crippen LogP contribution in [-0.4, -0.2) is 23.2 Å². The first kappa shape index (κ1) is 13.9. The molecule has 2 aliphatic rings. The molecule has 0 N–H and O–H groups in total. The summed E-state index contributed by atoms with van der Waals surface area (Å²) in [7, 11) is 0. The number of amides is 1. The van der Waals surface area contributed by atoms with Crippen LogP contribution in [0.4, 0.5) is 0 Å². The van der Waals surface area contributed by atoms with Gasteiger partial charge in [0.05, 0.1) is 6.04 Å². The lowest BCUT2D eigenvalue weighted by molar-refractivity contribution is -0.129. The molecule has 3 heteroatoms. The van der Waals surface area contributed by atoms with Gasteiger partial charge < -0.3 is 4.90 Å². The number of nitrogens with zero attached hydrogens (tertiary/aromatic N) is 1. The van der Waals surface area contributed by atoms with E-state index in [4.69, 9.17) is 11.6 Å². The van der Waals surface area contributed by atoms with Crippen molar-refractivity contribution in [2.24, 2.45) is 5.92 Å². The second-order valence-electron chi connectivity index (χ2n) is 6.18. The molecule has 0 spiro atoms. The Morgan fingerprint density at radius 1 is 1.30 bits per heavy atom. The van der Waals surface area contributed by atoms with Crippen molar-refractivity contribution >= 4 is 17.5 Å². The summed E-state index contributed by atoms with van der Waals surface area (Å²) in [6, 6.07) is 6.96. The highest BCUT2D eigenvalue weighted by Crippen LogP contribution is 2.31. The van der Waals surface area contributed by atoms with Crippen molar-refractivity contribution < 1.29 is 4.79 Å². The predicted molar refractivity (Wildman–Crippen MR) is 82.0 cm³/mol. The molecule has 2 unspecified atom stereocenters. The highest BCUT2D eigenvalue weighted by molar-refractivity contribution is 6.18. The number of aryl methyl sites for hydroxylation is 2. The van der Waals surface area contributed by atoms with Crippen LogP contribution in [0, 0.1) is 5.92 Å². The Bertz CT molecular complexity index is 514. The molecule has 1 aliphatic carbocycles. The van der Waals surface area contributed by atoms with E-state index in [0.717, 1.165) is 6.54 Å². The van der Waals surface area contributed by atoms with Crippen molar-refractivity contribution in [3.8, 4) is 0 Å². The van der Waals surface area contributed by atoms with Gasteiger partial charge >= 0.3 is 0 Å². The molecule has 1 saturated heterocycles. The fourth-order valence-corrected chi connectivity index (χ4v) is 3.69. The minimum absolute atomic E-state index is 0.169. The summed E-state index contributed by atoms with van der Waals surface area (Å²) < 4.78 is 0. The molecule has 2 atom stereocenters. The SMILES string of the molecule is CC(c1ccc2c(c1)CCCC2)N1CC(CCl)CC1=O. The third-order valence-corrected chi connectivity index (χ3v) is 5.22. The van der Waals surface area contributed by atoms with Gasteiger partial charge in [-0.1, -0.05) is 18.2 Å². The largest absolute Gasteiger partial charge is 0.336 e. The number of alkyl halides is 1. The summed E-state index contributed by atoms with van der Waals surface area (Å²) in [5.74, 6) is 1.16. The summed E-state index contributed by atoms with van der Waals surface area (Å²) in [6.45, 7) is 2.94. The molecule has 1 aromatic rings. The van der Waals surface area contributed by atoms with Crippen molar-refractivity contribution in [1.82, 2.24) is 4.90 Å². The molecule has 108 valence electrons. The normalized spacial score (nSPS) is 23.8. The van der Waals surface area contributed by atoms with Crippen LogP contribution in [0.1, 0.15) is 48.9 Å². The van der Waals surface area contributed by atoms with Gasteiger partial charge in [0.25, 0.3) is 0 Å². The molecule has 3 rings (SSSR count). The monoisotopic (exact) mass is 291 g/mol. The number of hydrogen-bond acceptors (Lipinski definition) is 1. The quantitative estimate of drug-likeness (QED) is 0.778. The molecule has 1 heterocycles. The van der Waals surface area contributed by atoms with Crippen LogP contribution in [0.2, 0.25) is 0 Å². The summed E-state index contributed by atoms with van der Waals surface area (Å²) >= 11 is 5.91. The number of halogens is 1. The minimum Gasteiger partial charge on any atom is -0.336 e. The van der Waals surface area contributed by atoms with E-state index in [1.54, 1.807) is 0 Å². The van der Waals surface area contributed by atoms with E-state index in [9.17, 15) is 4.79 Å². The Balaban J connectivity index is 1.80. The minimum atomic E-state index is 0.169. The molecule has 2 nitrogen and oxygen atoms in total. The second kappa shape index (κ2) is 5.77. The molecule has 1 amide bonds. The number of rotatable bonds is 3. The standard InChI is InChI=1S/C17H22ClNO/c1-12(19-11-13(10-18)8-17(19)20)15-7-6-14-4-2-3-5-16(14)9-15/h6-7,9,12-13H,2-5,8,10-11H2,1H3. The van der Waals surface area contributed by atoms with Gasteiger partial charge in [0.2, 0.25) is 5.91 Å². The van der Waals surface area contributed by atoms with Crippen LogP contribution in [0.25, 0.3) is 0 Å². The van der Waals surface area contributed by atoms with Crippen LogP contribution in [-0.2, 0) is 17.6 Å². The van der Waals surface area contributed by atoms with Gasteiger partial charge in [-0.25, -0.2) is 0 Å². The summed E-state index contributed by atoms with van der Waals surface area (Å²) in [5, 5.41) is 0. The first-order chi connectivity index (χ1) is 9.69. The van der Waals surface area contributed by atoms with Crippen LogP contribution in [0.3, 0.4) is 0 Å². The Morgan fingerprint density at radius 2 is 2.05 bits per heavy atom. The molecular weight excluding hydrogens is 270 g/mol. The van der Waals surface area contributed by atoms with E-state index in [0.29, 0.717) is 18.2 Å². The molecule has 0 saturated carbocycles. The molecule has 1 fully saturated rings. The second-order valence-corrected chi connectivity index (χ2v) is 6.49. The molecular formula is C17H22ClNO. The average molecular weight is 292 g/mol. The van der Waals surface area contributed by atoms with Gasteiger partial charge in [0, 0.05) is 18.8 Å². The predicted octanol–water partition coefficient (Wildman–Crippen LogP) is 3.71. The van der Waals surface area contributed by atoms with Crippen LogP contribution in [0.15, 0.2) is 18.2 Å². The van der Waals surface area contributed by atoms with Crippen molar-refractivity contribution in [3.63, 3.8) is 0 Å². The maximum atomic E-state index is 12.1. The Labute approximate surface area is 126 Å². The average Bonchev–Trinajstić information content (AvgIpc) is 2.87. The van der Waals surface area contributed by atoms with Crippen molar-refractivity contribution in [2.75, 3.05) is 12.4 Å². The van der Waals surface area contributed by atoms with E-state index in [1.807, 2.05) is 4.90 Å². The highest BCUT2D eigenvalue weighted by Gasteiger charge is 2.32. The Hall–Kier alpha value is -1.02. The topological polar surface area (TPSA) is 20.3 Å². The lowest BCUT2D eigenvalue weighted by Gasteiger charge is -2.27. The van der Waals surface area contributed by atoms with Gasteiger partial charge in [-0.15, -0.1) is 11.6 Å². The fraction of sp³-hybridized carbons (Fsp3) is 0.588. The zero-order valence-corrected chi connectivity index (χ0v) is 12.8. The van der Waals surface area contributed by atoms with E-state index in [1.165, 1.54) is 42.4 Å². The molecule has 1 aliphatic heterocycles. The van der Waals surface area contributed by atoms with Crippen molar-refractivity contribution in [1.29, 1.82) is 0 Å². The zero-order valence-electron chi connectivity index (χ0n) is 12.1. The van der Waals surface area contributed by atoms with Gasteiger partial charge in [0.1, 0.15) is 0 Å². The molecule has 20 heavy (non-hydrogen) atoms. The smallest absolute Gasteiger partial charge is 0.223 e. The van der Waals surface area contributed by atoms with Gasteiger partial charge in [-0.2, -0.15) is 0 Å².